The highest BCUT2D eigenvalue weighted by atomic mass is 19.4. The van der Waals surface area contributed by atoms with Crippen LogP contribution in [0.25, 0.3) is 0 Å². The topological polar surface area (TPSA) is 66.2 Å². The Hall–Kier alpha value is -1.64. The third-order valence-electron chi connectivity index (χ3n) is 2.53. The lowest BCUT2D eigenvalue weighted by atomic mass is 10.3. The van der Waals surface area contributed by atoms with Gasteiger partial charge in [0, 0.05) is 20.1 Å². The molecule has 0 N–H and O–H groups in total. The minimum Gasteiger partial charge on any atom is -0.458 e. The number of carbonyl (C=O) groups excluding carboxylic acids is 1. The van der Waals surface area contributed by atoms with E-state index in [0.29, 0.717) is 5.69 Å². The van der Waals surface area contributed by atoms with E-state index in [1.807, 2.05) is 0 Å². The van der Waals surface area contributed by atoms with Crippen molar-refractivity contribution in [3.63, 3.8) is 0 Å². The molecule has 20 heavy (non-hydrogen) atoms. The number of nitrogens with zero attached hydrogens (tertiary/aromatic N) is 3. The molecule has 1 aromatic heterocycles. The lowest BCUT2D eigenvalue weighted by Crippen LogP contribution is -2.13. The fraction of sp³-hybridized carbons (Fsp3) is 0.727. The smallest absolute Gasteiger partial charge is 0.389 e. The molecule has 0 aromatic carbocycles. The third kappa shape index (κ3) is 5.16. The van der Waals surface area contributed by atoms with Crippen LogP contribution >= 0.6 is 0 Å². The molecule has 0 amide bonds. The quantitative estimate of drug-likeness (QED) is 0.566. The molecule has 0 saturated heterocycles. The zero-order valence-electron chi connectivity index (χ0n) is 11.2. The van der Waals surface area contributed by atoms with Crippen molar-refractivity contribution in [1.29, 1.82) is 0 Å². The van der Waals surface area contributed by atoms with Crippen molar-refractivity contribution in [3.05, 3.63) is 11.4 Å². The van der Waals surface area contributed by atoms with Crippen molar-refractivity contribution in [3.8, 4) is 0 Å². The molecular weight excluding hydrogens is 279 g/mol. The molecule has 0 radical (unpaired) electrons. The van der Waals surface area contributed by atoms with E-state index in [4.69, 9.17) is 9.47 Å². The van der Waals surface area contributed by atoms with Crippen LogP contribution in [0.1, 0.15) is 29.0 Å². The zero-order chi connectivity index (χ0) is 15.2. The number of aryl methyl sites for hydroxylation is 1. The molecule has 1 heterocycles. The molecule has 0 fully saturated rings. The number of methoxy groups -OCH3 is 1. The number of alkyl halides is 3. The molecule has 0 unspecified atom stereocenters. The molecule has 0 aliphatic carbocycles. The second kappa shape index (κ2) is 7.22. The number of ether oxygens (including phenoxy) is 2. The fourth-order valence-corrected chi connectivity index (χ4v) is 1.48. The highest BCUT2D eigenvalue weighted by Crippen LogP contribution is 2.21. The first kappa shape index (κ1) is 16.4. The summed E-state index contributed by atoms with van der Waals surface area (Å²) in [6, 6.07) is 0. The Bertz CT molecular complexity index is 446. The molecule has 0 aliphatic heterocycles. The molecule has 114 valence electrons. The maximum absolute atomic E-state index is 12.0. The van der Waals surface area contributed by atoms with Gasteiger partial charge in [-0.1, -0.05) is 5.21 Å². The van der Waals surface area contributed by atoms with E-state index in [0.717, 1.165) is 0 Å². The van der Waals surface area contributed by atoms with Gasteiger partial charge in [0.15, 0.2) is 5.69 Å². The van der Waals surface area contributed by atoms with Gasteiger partial charge < -0.3 is 9.47 Å². The van der Waals surface area contributed by atoms with Crippen LogP contribution < -0.4 is 0 Å². The zero-order valence-corrected chi connectivity index (χ0v) is 11.2. The van der Waals surface area contributed by atoms with Gasteiger partial charge in [-0.15, -0.1) is 5.10 Å². The van der Waals surface area contributed by atoms with Gasteiger partial charge >= 0.3 is 12.1 Å². The number of hydrogen-bond donors (Lipinski definition) is 0. The number of rotatable bonds is 7. The largest absolute Gasteiger partial charge is 0.458 e. The lowest BCUT2D eigenvalue weighted by Gasteiger charge is -2.07. The summed E-state index contributed by atoms with van der Waals surface area (Å²) < 4.78 is 46.9. The van der Waals surface area contributed by atoms with E-state index in [9.17, 15) is 18.0 Å². The lowest BCUT2D eigenvalue weighted by molar-refractivity contribution is -0.136. The number of esters is 1. The van der Waals surface area contributed by atoms with Gasteiger partial charge in [0.1, 0.15) is 6.61 Å². The summed E-state index contributed by atoms with van der Waals surface area (Å²) in [5, 5.41) is 7.28. The predicted octanol–water partition coefficient (Wildman–Crippen LogP) is 1.73. The van der Waals surface area contributed by atoms with Crippen molar-refractivity contribution in [2.45, 2.75) is 32.5 Å². The van der Waals surface area contributed by atoms with Crippen LogP contribution in [0, 0.1) is 6.92 Å². The van der Waals surface area contributed by atoms with Gasteiger partial charge in [-0.05, 0) is 13.3 Å². The predicted molar refractivity (Wildman–Crippen MR) is 62.2 cm³/mol. The number of aromatic nitrogens is 3. The van der Waals surface area contributed by atoms with Crippen LogP contribution in [0.4, 0.5) is 13.2 Å². The van der Waals surface area contributed by atoms with E-state index < -0.39 is 18.6 Å². The van der Waals surface area contributed by atoms with Crippen molar-refractivity contribution >= 4 is 5.97 Å². The highest BCUT2D eigenvalue weighted by Gasteiger charge is 2.26. The molecule has 0 spiro atoms. The Morgan fingerprint density at radius 3 is 2.65 bits per heavy atom. The van der Waals surface area contributed by atoms with Crippen LogP contribution in [-0.2, 0) is 16.0 Å². The standard InChI is InChI=1S/C11H16F3N3O3/c1-8-9(10(18)20-7-6-19-2)15-16-17(8)5-3-4-11(12,13)14/h3-7H2,1-2H3. The molecule has 0 atom stereocenters. The summed E-state index contributed by atoms with van der Waals surface area (Å²) in [4.78, 5) is 11.6. The fourth-order valence-electron chi connectivity index (χ4n) is 1.48. The first-order chi connectivity index (χ1) is 9.35. The first-order valence-electron chi connectivity index (χ1n) is 5.98. The van der Waals surface area contributed by atoms with Crippen LogP contribution in [-0.4, -0.2) is 47.5 Å². The van der Waals surface area contributed by atoms with Gasteiger partial charge in [0.25, 0.3) is 0 Å². The highest BCUT2D eigenvalue weighted by molar-refractivity contribution is 5.88. The Kier molecular flexibility index (Phi) is 5.93. The minimum absolute atomic E-state index is 0.00751. The summed E-state index contributed by atoms with van der Waals surface area (Å²) in [6.07, 6.45) is -5.22. The molecule has 0 saturated carbocycles. The van der Waals surface area contributed by atoms with Crippen molar-refractivity contribution < 1.29 is 27.4 Å². The van der Waals surface area contributed by atoms with Gasteiger partial charge in [-0.2, -0.15) is 13.2 Å². The van der Waals surface area contributed by atoms with E-state index >= 15 is 0 Å². The van der Waals surface area contributed by atoms with E-state index in [2.05, 4.69) is 10.3 Å². The number of hydrogen-bond acceptors (Lipinski definition) is 5. The van der Waals surface area contributed by atoms with E-state index in [-0.39, 0.29) is 31.9 Å². The number of carbonyl (C=O) groups is 1. The Balaban J connectivity index is 2.54. The number of halogens is 3. The average Bonchev–Trinajstić information content (AvgIpc) is 2.70. The summed E-state index contributed by atoms with van der Waals surface area (Å²) in [7, 11) is 1.47. The molecular formula is C11H16F3N3O3. The summed E-state index contributed by atoms with van der Waals surface area (Å²) in [5.41, 5.74) is 0.391. The van der Waals surface area contributed by atoms with Crippen LogP contribution in [0.3, 0.4) is 0 Å². The normalized spacial score (nSPS) is 11.7. The van der Waals surface area contributed by atoms with Crippen LogP contribution in [0.2, 0.25) is 0 Å². The van der Waals surface area contributed by atoms with Crippen LogP contribution in [0.5, 0.6) is 0 Å². The Labute approximate surface area is 113 Å². The van der Waals surface area contributed by atoms with Crippen LogP contribution in [0.15, 0.2) is 0 Å². The summed E-state index contributed by atoms with van der Waals surface area (Å²) >= 11 is 0. The SMILES string of the molecule is COCCOC(=O)c1nnn(CCCC(F)(F)F)c1C. The molecule has 6 nitrogen and oxygen atoms in total. The average molecular weight is 295 g/mol. The van der Waals surface area contributed by atoms with Gasteiger partial charge in [-0.3, -0.25) is 0 Å². The Morgan fingerprint density at radius 1 is 1.35 bits per heavy atom. The minimum atomic E-state index is -4.20. The van der Waals surface area contributed by atoms with E-state index in [1.54, 1.807) is 6.92 Å². The third-order valence-corrected chi connectivity index (χ3v) is 2.53. The molecule has 1 rings (SSSR count). The van der Waals surface area contributed by atoms with Crippen molar-refractivity contribution in [2.75, 3.05) is 20.3 Å². The Morgan fingerprint density at radius 2 is 2.05 bits per heavy atom. The maximum atomic E-state index is 12.0. The summed E-state index contributed by atoms with van der Waals surface area (Å²) in [5.74, 6) is -0.665. The van der Waals surface area contributed by atoms with Gasteiger partial charge in [0.05, 0.1) is 12.3 Å². The molecule has 1 aromatic rings. The van der Waals surface area contributed by atoms with Gasteiger partial charge in [-0.25, -0.2) is 9.48 Å². The van der Waals surface area contributed by atoms with Crippen molar-refractivity contribution in [1.82, 2.24) is 15.0 Å². The molecule has 0 aliphatic rings. The van der Waals surface area contributed by atoms with Crippen molar-refractivity contribution in [2.24, 2.45) is 0 Å². The first-order valence-corrected chi connectivity index (χ1v) is 5.98. The molecule has 0 bridgehead atoms. The second-order valence-electron chi connectivity index (χ2n) is 4.09. The summed E-state index contributed by atoms with van der Waals surface area (Å²) in [6.45, 7) is 1.93. The second-order valence-corrected chi connectivity index (χ2v) is 4.09. The van der Waals surface area contributed by atoms with E-state index in [1.165, 1.54) is 11.8 Å². The molecule has 9 heteroatoms. The maximum Gasteiger partial charge on any atom is 0.389 e. The van der Waals surface area contributed by atoms with Gasteiger partial charge in [0.2, 0.25) is 0 Å². The monoisotopic (exact) mass is 295 g/mol.